The number of thioether (sulfide) groups is 1. The molecule has 1 aromatic heterocycles. The van der Waals surface area contributed by atoms with Crippen molar-refractivity contribution in [2.45, 2.75) is 37.5 Å². The molecule has 1 aromatic carbocycles. The lowest BCUT2D eigenvalue weighted by Gasteiger charge is -2.14. The second kappa shape index (κ2) is 8.11. The summed E-state index contributed by atoms with van der Waals surface area (Å²) >= 11 is 1.36. The first-order chi connectivity index (χ1) is 12.1. The number of aryl methyl sites for hydroxylation is 2. The zero-order valence-electron chi connectivity index (χ0n) is 14.0. The summed E-state index contributed by atoms with van der Waals surface area (Å²) < 4.78 is 0. The number of carbonyl (C=O) groups excluding carboxylic acids is 2. The van der Waals surface area contributed by atoms with E-state index in [4.69, 9.17) is 0 Å². The summed E-state index contributed by atoms with van der Waals surface area (Å²) in [6.07, 6.45) is 6.08. The molecule has 0 spiro atoms. The number of hydrogen-bond donors (Lipinski definition) is 2. The molecule has 0 bridgehead atoms. The molecule has 1 aliphatic carbocycles. The number of benzene rings is 1. The number of para-hydroxylation sites is 1. The molecule has 2 N–H and O–H groups in total. The zero-order valence-corrected chi connectivity index (χ0v) is 14.9. The second-order valence-corrected chi connectivity index (χ2v) is 6.90. The summed E-state index contributed by atoms with van der Waals surface area (Å²) in [5, 5.41) is 5.52. The lowest BCUT2D eigenvalue weighted by molar-refractivity contribution is -0.114. The van der Waals surface area contributed by atoms with Crippen molar-refractivity contribution in [1.29, 1.82) is 0 Å². The van der Waals surface area contributed by atoms with Gasteiger partial charge in [0.15, 0.2) is 0 Å². The highest BCUT2D eigenvalue weighted by Crippen LogP contribution is 2.27. The van der Waals surface area contributed by atoms with Crippen LogP contribution in [0.25, 0.3) is 0 Å². The molecule has 2 aromatic rings. The van der Waals surface area contributed by atoms with E-state index in [0.717, 1.165) is 29.9 Å². The van der Waals surface area contributed by atoms with Gasteiger partial charge in [0.2, 0.25) is 17.8 Å². The number of carbonyl (C=O) groups is 2. The van der Waals surface area contributed by atoms with Crippen LogP contribution in [0.2, 0.25) is 0 Å². The fourth-order valence-corrected chi connectivity index (χ4v) is 3.53. The monoisotopic (exact) mass is 356 g/mol. The first-order valence-electron chi connectivity index (χ1n) is 8.26. The van der Waals surface area contributed by atoms with Crippen LogP contribution in [0.15, 0.2) is 35.4 Å². The molecule has 25 heavy (non-hydrogen) atoms. The fourth-order valence-electron chi connectivity index (χ4n) is 2.73. The van der Waals surface area contributed by atoms with Gasteiger partial charge in [-0.25, -0.2) is 9.97 Å². The summed E-state index contributed by atoms with van der Waals surface area (Å²) in [5.41, 5.74) is 2.93. The number of hydrogen-bond acceptors (Lipinski definition) is 5. The largest absolute Gasteiger partial charge is 0.325 e. The normalized spacial score (nSPS) is 13.0. The van der Waals surface area contributed by atoms with Crippen molar-refractivity contribution in [3.63, 3.8) is 0 Å². The van der Waals surface area contributed by atoms with Crippen molar-refractivity contribution in [2.24, 2.45) is 0 Å². The number of amides is 2. The molecule has 6 nitrogen and oxygen atoms in total. The SMILES string of the molecule is CC(=O)Nc1ccccc1SCC(=O)Nc1ncc2c(n1)CCCC2. The van der Waals surface area contributed by atoms with Gasteiger partial charge in [-0.05, 0) is 43.4 Å². The molecule has 1 heterocycles. The topological polar surface area (TPSA) is 84.0 Å². The number of nitrogens with one attached hydrogen (secondary N) is 2. The van der Waals surface area contributed by atoms with E-state index in [1.807, 2.05) is 30.5 Å². The summed E-state index contributed by atoms with van der Waals surface area (Å²) in [7, 11) is 0. The third-order valence-corrected chi connectivity index (χ3v) is 4.95. The highest BCUT2D eigenvalue weighted by molar-refractivity contribution is 8.00. The molecule has 0 saturated carbocycles. The molecule has 1 aliphatic rings. The van der Waals surface area contributed by atoms with Gasteiger partial charge in [-0.15, -0.1) is 11.8 Å². The Morgan fingerprint density at radius 1 is 1.16 bits per heavy atom. The van der Waals surface area contributed by atoms with Gasteiger partial charge in [0.25, 0.3) is 0 Å². The Balaban J connectivity index is 1.59. The van der Waals surface area contributed by atoms with Crippen LogP contribution >= 0.6 is 11.8 Å². The molecule has 0 saturated heterocycles. The highest BCUT2D eigenvalue weighted by atomic mass is 32.2. The smallest absolute Gasteiger partial charge is 0.237 e. The van der Waals surface area contributed by atoms with Gasteiger partial charge in [-0.2, -0.15) is 0 Å². The first-order valence-corrected chi connectivity index (χ1v) is 9.24. The van der Waals surface area contributed by atoms with Gasteiger partial charge in [-0.1, -0.05) is 12.1 Å². The van der Waals surface area contributed by atoms with Crippen LogP contribution in [-0.2, 0) is 22.4 Å². The molecule has 0 unspecified atom stereocenters. The minimum absolute atomic E-state index is 0.139. The summed E-state index contributed by atoms with van der Waals surface area (Å²) in [6, 6.07) is 7.40. The molecule has 0 aliphatic heterocycles. The van der Waals surface area contributed by atoms with Gasteiger partial charge in [0, 0.05) is 23.7 Å². The van der Waals surface area contributed by atoms with E-state index in [-0.39, 0.29) is 17.6 Å². The number of aromatic nitrogens is 2. The van der Waals surface area contributed by atoms with Crippen molar-refractivity contribution in [3.05, 3.63) is 41.7 Å². The van der Waals surface area contributed by atoms with E-state index in [9.17, 15) is 9.59 Å². The Labute approximate surface area is 150 Å². The molecular weight excluding hydrogens is 336 g/mol. The molecule has 130 valence electrons. The van der Waals surface area contributed by atoms with Gasteiger partial charge in [0.1, 0.15) is 0 Å². The summed E-state index contributed by atoms with van der Waals surface area (Å²) in [6.45, 7) is 1.46. The van der Waals surface area contributed by atoms with Crippen LogP contribution in [0.3, 0.4) is 0 Å². The maximum Gasteiger partial charge on any atom is 0.237 e. The number of rotatable bonds is 5. The molecule has 0 fully saturated rings. The van der Waals surface area contributed by atoms with Crippen molar-refractivity contribution in [3.8, 4) is 0 Å². The Bertz CT molecular complexity index is 794. The average molecular weight is 356 g/mol. The van der Waals surface area contributed by atoms with Gasteiger partial charge in [-0.3, -0.25) is 14.9 Å². The van der Waals surface area contributed by atoms with Crippen molar-refractivity contribution >= 4 is 35.2 Å². The average Bonchev–Trinajstić information content (AvgIpc) is 2.60. The predicted molar refractivity (Wildman–Crippen MR) is 98.8 cm³/mol. The predicted octanol–water partition coefficient (Wildman–Crippen LogP) is 3.04. The van der Waals surface area contributed by atoms with E-state index >= 15 is 0 Å². The van der Waals surface area contributed by atoms with Crippen molar-refractivity contribution < 1.29 is 9.59 Å². The molecule has 3 rings (SSSR count). The molecule has 0 radical (unpaired) electrons. The van der Waals surface area contributed by atoms with E-state index in [1.165, 1.54) is 30.7 Å². The second-order valence-electron chi connectivity index (χ2n) is 5.89. The first kappa shape index (κ1) is 17.4. The lowest BCUT2D eigenvalue weighted by atomic mass is 9.98. The fraction of sp³-hybridized carbons (Fsp3) is 0.333. The van der Waals surface area contributed by atoms with Crippen LogP contribution in [0, 0.1) is 0 Å². The molecular formula is C18H20N4O2S. The van der Waals surface area contributed by atoms with Crippen molar-refractivity contribution in [1.82, 2.24) is 9.97 Å². The van der Waals surface area contributed by atoms with Gasteiger partial charge >= 0.3 is 0 Å². The maximum atomic E-state index is 12.2. The Morgan fingerprint density at radius 2 is 1.96 bits per heavy atom. The lowest BCUT2D eigenvalue weighted by Crippen LogP contribution is -2.18. The minimum atomic E-state index is -0.168. The third kappa shape index (κ3) is 4.79. The molecule has 7 heteroatoms. The number of fused-ring (bicyclic) bond motifs is 1. The van der Waals surface area contributed by atoms with E-state index in [2.05, 4.69) is 20.6 Å². The quantitative estimate of drug-likeness (QED) is 0.805. The van der Waals surface area contributed by atoms with Crippen LogP contribution in [0.4, 0.5) is 11.6 Å². The van der Waals surface area contributed by atoms with Gasteiger partial charge in [0.05, 0.1) is 11.4 Å². The highest BCUT2D eigenvalue weighted by Gasteiger charge is 2.14. The zero-order chi connectivity index (χ0) is 17.6. The Hall–Kier alpha value is -2.41. The van der Waals surface area contributed by atoms with Crippen LogP contribution in [-0.4, -0.2) is 27.5 Å². The van der Waals surface area contributed by atoms with Crippen LogP contribution in [0.5, 0.6) is 0 Å². The Kier molecular flexibility index (Phi) is 5.65. The van der Waals surface area contributed by atoms with Crippen molar-refractivity contribution in [2.75, 3.05) is 16.4 Å². The van der Waals surface area contributed by atoms with Crippen LogP contribution in [0.1, 0.15) is 31.0 Å². The molecule has 2 amide bonds. The standard InChI is InChI=1S/C18H20N4O2S/c1-12(23)20-15-8-4-5-9-16(15)25-11-17(24)22-18-19-10-13-6-2-3-7-14(13)21-18/h4-5,8-10H,2-3,6-7,11H2,1H3,(H,20,23)(H,19,21,22,24). The summed E-state index contributed by atoms with van der Waals surface area (Å²) in [5.74, 6) is 0.275. The third-order valence-electron chi connectivity index (χ3n) is 3.87. The number of nitrogens with zero attached hydrogens (tertiary/aromatic N) is 2. The summed E-state index contributed by atoms with van der Waals surface area (Å²) in [4.78, 5) is 33.0. The molecule has 0 atom stereocenters. The van der Waals surface area contributed by atoms with Gasteiger partial charge < -0.3 is 5.32 Å². The van der Waals surface area contributed by atoms with E-state index in [1.54, 1.807) is 0 Å². The number of anilines is 2. The van der Waals surface area contributed by atoms with Crippen LogP contribution < -0.4 is 10.6 Å². The maximum absolute atomic E-state index is 12.2. The Morgan fingerprint density at radius 3 is 2.80 bits per heavy atom. The van der Waals surface area contributed by atoms with E-state index in [0.29, 0.717) is 11.6 Å². The minimum Gasteiger partial charge on any atom is -0.325 e. The van der Waals surface area contributed by atoms with E-state index < -0.39 is 0 Å².